The van der Waals surface area contributed by atoms with Gasteiger partial charge >= 0.3 is 17.9 Å². The second-order valence-corrected chi connectivity index (χ2v) is 18.5. The number of carbonyl (C=O) groups is 3. The van der Waals surface area contributed by atoms with Crippen LogP contribution >= 0.6 is 0 Å². The van der Waals surface area contributed by atoms with E-state index in [1.165, 1.54) is 109 Å². The maximum absolute atomic E-state index is 12.8. The summed E-state index contributed by atoms with van der Waals surface area (Å²) < 4.78 is 16.8. The first-order valence-corrected chi connectivity index (χ1v) is 28.3. The summed E-state index contributed by atoms with van der Waals surface area (Å²) in [6.07, 6.45) is 74.0. The number of rotatable bonds is 50. The maximum Gasteiger partial charge on any atom is 0.306 e. The molecule has 0 aliphatic carbocycles. The normalized spacial score (nSPS) is 12.8. The summed E-state index contributed by atoms with van der Waals surface area (Å²) in [7, 11) is 0. The van der Waals surface area contributed by atoms with Crippen molar-refractivity contribution in [1.29, 1.82) is 0 Å². The third-order valence-electron chi connectivity index (χ3n) is 11.8. The number of unbranched alkanes of at least 4 members (excludes halogenated alkanes) is 24. The molecule has 0 aromatic carbocycles. The van der Waals surface area contributed by atoms with Gasteiger partial charge in [0.05, 0.1) is 0 Å². The Morgan fingerprint density at radius 2 is 0.632 bits per heavy atom. The number of hydrogen-bond acceptors (Lipinski definition) is 6. The molecule has 0 saturated heterocycles. The van der Waals surface area contributed by atoms with Gasteiger partial charge < -0.3 is 14.2 Å². The molecule has 0 heterocycles. The first-order chi connectivity index (χ1) is 33.5. The predicted molar refractivity (Wildman–Crippen MR) is 293 cm³/mol. The fourth-order valence-corrected chi connectivity index (χ4v) is 7.58. The molecule has 0 rings (SSSR count). The highest BCUT2D eigenvalue weighted by molar-refractivity contribution is 5.71. The molecular weight excluding hydrogens is 841 g/mol. The van der Waals surface area contributed by atoms with Gasteiger partial charge in [0.1, 0.15) is 13.2 Å². The highest BCUT2D eigenvalue weighted by Gasteiger charge is 2.19. The molecular formula is C62H104O6. The van der Waals surface area contributed by atoms with Crippen LogP contribution in [0.5, 0.6) is 0 Å². The molecule has 1 unspecified atom stereocenters. The van der Waals surface area contributed by atoms with Crippen LogP contribution in [0.15, 0.2) is 97.2 Å². The molecule has 1 atom stereocenters. The summed E-state index contributed by atoms with van der Waals surface area (Å²) in [5.74, 6) is -0.985. The van der Waals surface area contributed by atoms with Gasteiger partial charge in [-0.1, -0.05) is 227 Å². The molecule has 0 spiro atoms. The molecule has 0 fully saturated rings. The third kappa shape index (κ3) is 53.3. The van der Waals surface area contributed by atoms with E-state index in [1.807, 2.05) is 0 Å². The van der Waals surface area contributed by atoms with E-state index in [-0.39, 0.29) is 37.5 Å². The van der Waals surface area contributed by atoms with Gasteiger partial charge in [-0.3, -0.25) is 14.4 Å². The van der Waals surface area contributed by atoms with Crippen LogP contribution in [0.4, 0.5) is 0 Å². The lowest BCUT2D eigenvalue weighted by atomic mass is 10.1. The largest absolute Gasteiger partial charge is 0.462 e. The summed E-state index contributed by atoms with van der Waals surface area (Å²) in [5.41, 5.74) is 0. The Balaban J connectivity index is 4.50. The smallest absolute Gasteiger partial charge is 0.306 e. The lowest BCUT2D eigenvalue weighted by Gasteiger charge is -2.18. The molecule has 0 bridgehead atoms. The molecule has 68 heavy (non-hydrogen) atoms. The standard InChI is InChI=1S/C62H104O6/c1-4-7-10-13-16-19-22-25-28-30-32-34-37-40-43-46-49-52-55-61(64)67-58-59(57-66-60(63)54-51-48-45-42-39-36-33-27-24-21-18-15-12-9-6-3)68-62(65)56-53-50-47-44-41-38-35-31-29-26-23-20-17-14-11-8-5-2/h8,11,17-18,20-21,24,26-27,29,32,34-35,38,44,47,59H,4-7,9-10,12-16,19,22-23,25,28,30-31,33,36-37,39-43,45-46,48-58H2,1-3H3/b11-8-,20-17-,21-18-,27-24-,29-26-,34-32-,38-35-,47-44-. The van der Waals surface area contributed by atoms with E-state index in [4.69, 9.17) is 14.2 Å². The van der Waals surface area contributed by atoms with Crippen molar-refractivity contribution in [3.63, 3.8) is 0 Å². The highest BCUT2D eigenvalue weighted by atomic mass is 16.6. The SMILES string of the molecule is CC/C=C\C/C=C\C/C=C\C/C=C\C/C=C\CCCC(=O)OC(COC(=O)CCCCCCC/C=C\CCCCCCCCCCC)COC(=O)CCCCCCCC/C=C\C=C/CCCCC. The zero-order valence-corrected chi connectivity index (χ0v) is 44.3. The molecule has 0 aromatic rings. The van der Waals surface area contributed by atoms with E-state index in [1.54, 1.807) is 0 Å². The first-order valence-electron chi connectivity index (χ1n) is 28.3. The van der Waals surface area contributed by atoms with Crippen LogP contribution in [0.25, 0.3) is 0 Å². The van der Waals surface area contributed by atoms with Gasteiger partial charge in [0, 0.05) is 19.3 Å². The summed E-state index contributed by atoms with van der Waals surface area (Å²) in [5, 5.41) is 0. The minimum Gasteiger partial charge on any atom is -0.462 e. The van der Waals surface area contributed by atoms with Gasteiger partial charge in [0.25, 0.3) is 0 Å². The summed E-state index contributed by atoms with van der Waals surface area (Å²) in [4.78, 5) is 38.1. The Morgan fingerprint density at radius 1 is 0.324 bits per heavy atom. The molecule has 0 aliphatic heterocycles. The van der Waals surface area contributed by atoms with Crippen LogP contribution in [0.2, 0.25) is 0 Å². The average molecular weight is 946 g/mol. The molecule has 6 heteroatoms. The maximum atomic E-state index is 12.8. The quantitative estimate of drug-likeness (QED) is 0.0199. The van der Waals surface area contributed by atoms with E-state index in [9.17, 15) is 14.4 Å². The van der Waals surface area contributed by atoms with Crippen molar-refractivity contribution in [3.8, 4) is 0 Å². The van der Waals surface area contributed by atoms with E-state index in [0.29, 0.717) is 19.3 Å². The third-order valence-corrected chi connectivity index (χ3v) is 11.8. The second kappa shape index (κ2) is 55.9. The van der Waals surface area contributed by atoms with Crippen LogP contribution in [-0.4, -0.2) is 37.2 Å². The first kappa shape index (κ1) is 64.3. The Morgan fingerprint density at radius 3 is 1.07 bits per heavy atom. The lowest BCUT2D eigenvalue weighted by molar-refractivity contribution is -0.167. The fourth-order valence-electron chi connectivity index (χ4n) is 7.58. The number of ether oxygens (including phenoxy) is 3. The van der Waals surface area contributed by atoms with E-state index < -0.39 is 6.10 Å². The van der Waals surface area contributed by atoms with E-state index in [0.717, 1.165) is 103 Å². The van der Waals surface area contributed by atoms with Crippen molar-refractivity contribution in [2.45, 2.75) is 264 Å². The second-order valence-electron chi connectivity index (χ2n) is 18.5. The van der Waals surface area contributed by atoms with Crippen molar-refractivity contribution in [2.75, 3.05) is 13.2 Å². The zero-order chi connectivity index (χ0) is 49.3. The Hall–Kier alpha value is -3.67. The van der Waals surface area contributed by atoms with Gasteiger partial charge in [0.2, 0.25) is 0 Å². The molecule has 0 N–H and O–H groups in total. The molecule has 0 aromatic heterocycles. The lowest BCUT2D eigenvalue weighted by Crippen LogP contribution is -2.30. The van der Waals surface area contributed by atoms with Gasteiger partial charge in [-0.05, 0) is 109 Å². The number of esters is 3. The molecule has 6 nitrogen and oxygen atoms in total. The van der Waals surface area contributed by atoms with Crippen molar-refractivity contribution in [2.24, 2.45) is 0 Å². The Labute approximate surface area is 419 Å². The van der Waals surface area contributed by atoms with Crippen LogP contribution < -0.4 is 0 Å². The fraction of sp³-hybridized carbons (Fsp3) is 0.694. The van der Waals surface area contributed by atoms with Gasteiger partial charge in [-0.25, -0.2) is 0 Å². The van der Waals surface area contributed by atoms with Crippen molar-refractivity contribution < 1.29 is 28.6 Å². The number of hydrogen-bond donors (Lipinski definition) is 0. The topological polar surface area (TPSA) is 78.9 Å². The van der Waals surface area contributed by atoms with Crippen LogP contribution in [0, 0.1) is 0 Å². The van der Waals surface area contributed by atoms with Crippen molar-refractivity contribution >= 4 is 17.9 Å². The van der Waals surface area contributed by atoms with Gasteiger partial charge in [0.15, 0.2) is 6.10 Å². The Kier molecular flexibility index (Phi) is 52.9. The van der Waals surface area contributed by atoms with Crippen LogP contribution in [0.3, 0.4) is 0 Å². The van der Waals surface area contributed by atoms with Crippen LogP contribution in [0.1, 0.15) is 258 Å². The van der Waals surface area contributed by atoms with E-state index >= 15 is 0 Å². The molecule has 0 aliphatic rings. The average Bonchev–Trinajstić information content (AvgIpc) is 3.34. The van der Waals surface area contributed by atoms with Crippen LogP contribution in [-0.2, 0) is 28.6 Å². The van der Waals surface area contributed by atoms with Crippen molar-refractivity contribution in [1.82, 2.24) is 0 Å². The number of carbonyl (C=O) groups excluding carboxylic acids is 3. The zero-order valence-electron chi connectivity index (χ0n) is 44.3. The monoisotopic (exact) mass is 945 g/mol. The summed E-state index contributed by atoms with van der Waals surface area (Å²) in [6.45, 7) is 6.44. The minimum atomic E-state index is -0.817. The highest BCUT2D eigenvalue weighted by Crippen LogP contribution is 2.14. The predicted octanol–water partition coefficient (Wildman–Crippen LogP) is 18.9. The molecule has 388 valence electrons. The summed E-state index contributed by atoms with van der Waals surface area (Å²) in [6, 6.07) is 0. The van der Waals surface area contributed by atoms with Crippen molar-refractivity contribution in [3.05, 3.63) is 97.2 Å². The number of allylic oxidation sites excluding steroid dienone is 16. The van der Waals surface area contributed by atoms with Gasteiger partial charge in [-0.15, -0.1) is 0 Å². The molecule has 0 saturated carbocycles. The Bertz CT molecular complexity index is 1360. The van der Waals surface area contributed by atoms with E-state index in [2.05, 4.69) is 118 Å². The molecule has 0 amide bonds. The minimum absolute atomic E-state index is 0.109. The summed E-state index contributed by atoms with van der Waals surface area (Å²) >= 11 is 0. The molecule has 0 radical (unpaired) electrons. The van der Waals surface area contributed by atoms with Gasteiger partial charge in [-0.2, -0.15) is 0 Å².